The number of benzene rings is 1. The molecule has 0 aromatic heterocycles. The maximum atomic E-state index is 11.0. The predicted molar refractivity (Wildman–Crippen MR) is 81.8 cm³/mol. The van der Waals surface area contributed by atoms with E-state index in [9.17, 15) is 4.79 Å². The van der Waals surface area contributed by atoms with E-state index in [2.05, 4.69) is 34.1 Å². The van der Waals surface area contributed by atoms with Crippen molar-refractivity contribution >= 4 is 34.8 Å². The van der Waals surface area contributed by atoms with Crippen LogP contribution < -0.4 is 15.5 Å². The number of methoxy groups -OCH3 is 1. The van der Waals surface area contributed by atoms with Gasteiger partial charge >= 0.3 is 6.09 Å². The summed E-state index contributed by atoms with van der Waals surface area (Å²) in [5.74, 6) is 0. The maximum absolute atomic E-state index is 11.0. The fourth-order valence-corrected chi connectivity index (χ4v) is 1.85. The molecule has 0 saturated carbocycles. The summed E-state index contributed by atoms with van der Waals surface area (Å²) < 4.78 is 4.45. The van der Waals surface area contributed by atoms with Gasteiger partial charge in [0.15, 0.2) is 5.11 Å². The molecular weight excluding hydrogens is 262 g/mol. The lowest BCUT2D eigenvalue weighted by Gasteiger charge is -2.21. The molecule has 1 aromatic rings. The van der Waals surface area contributed by atoms with E-state index in [1.165, 1.54) is 7.11 Å². The van der Waals surface area contributed by atoms with Crippen molar-refractivity contribution in [3.63, 3.8) is 0 Å². The van der Waals surface area contributed by atoms with E-state index in [0.29, 0.717) is 0 Å². The maximum Gasteiger partial charge on any atom is 0.413 e. The van der Waals surface area contributed by atoms with Gasteiger partial charge in [0.1, 0.15) is 0 Å². The first-order chi connectivity index (χ1) is 9.10. The van der Waals surface area contributed by atoms with Gasteiger partial charge in [-0.15, -0.1) is 0 Å². The Morgan fingerprint density at radius 2 is 1.84 bits per heavy atom. The lowest BCUT2D eigenvalue weighted by Crippen LogP contribution is -2.33. The number of carbonyl (C=O) groups excluding carboxylic acids is 1. The molecule has 1 aromatic carbocycles. The summed E-state index contributed by atoms with van der Waals surface area (Å²) in [5.41, 5.74) is 1.97. The largest absolute Gasteiger partial charge is 0.453 e. The fourth-order valence-electron chi connectivity index (χ4n) is 1.65. The number of carbonyl (C=O) groups is 1. The van der Waals surface area contributed by atoms with Crippen molar-refractivity contribution in [2.75, 3.05) is 30.4 Å². The highest BCUT2D eigenvalue weighted by molar-refractivity contribution is 7.80. The van der Waals surface area contributed by atoms with Crippen LogP contribution in [0.5, 0.6) is 0 Å². The highest BCUT2D eigenvalue weighted by Crippen LogP contribution is 2.17. The van der Waals surface area contributed by atoms with Crippen molar-refractivity contribution in [2.24, 2.45) is 0 Å². The number of alkyl carbamates (subject to hydrolysis) is 1. The minimum Gasteiger partial charge on any atom is -0.453 e. The van der Waals surface area contributed by atoms with E-state index in [0.717, 1.165) is 24.5 Å². The Labute approximate surface area is 118 Å². The molecule has 104 valence electrons. The van der Waals surface area contributed by atoms with Crippen LogP contribution in [0, 0.1) is 0 Å². The Morgan fingerprint density at radius 3 is 2.32 bits per heavy atom. The number of anilines is 2. The van der Waals surface area contributed by atoms with E-state index in [1.54, 1.807) is 0 Å². The standard InChI is InChI=1S/C13H19N3O2S/c1-4-16(5-2)11-8-6-10(7-9-11)14-12(19)15-13(17)18-3/h6-9H,4-5H2,1-3H3,(H2,14,15,17,19). The first-order valence-corrected chi connectivity index (χ1v) is 6.52. The molecule has 0 unspecified atom stereocenters. The Kier molecular flexibility index (Phi) is 6.08. The van der Waals surface area contributed by atoms with Gasteiger partial charge in [0.2, 0.25) is 0 Å². The summed E-state index contributed by atoms with van der Waals surface area (Å²) in [6, 6.07) is 7.85. The molecule has 0 spiro atoms. The van der Waals surface area contributed by atoms with Gasteiger partial charge in [-0.1, -0.05) is 0 Å². The van der Waals surface area contributed by atoms with E-state index in [1.807, 2.05) is 24.3 Å². The van der Waals surface area contributed by atoms with Crippen LogP contribution in [0.3, 0.4) is 0 Å². The van der Waals surface area contributed by atoms with Gasteiger partial charge in [0.05, 0.1) is 7.11 Å². The first-order valence-electron chi connectivity index (χ1n) is 6.11. The molecule has 19 heavy (non-hydrogen) atoms. The number of nitrogens with zero attached hydrogens (tertiary/aromatic N) is 1. The zero-order valence-corrected chi connectivity index (χ0v) is 12.2. The van der Waals surface area contributed by atoms with Crippen molar-refractivity contribution in [3.8, 4) is 0 Å². The fraction of sp³-hybridized carbons (Fsp3) is 0.385. The van der Waals surface area contributed by atoms with Crippen LogP contribution in [-0.4, -0.2) is 31.4 Å². The Bertz CT molecular complexity index is 430. The molecule has 1 rings (SSSR count). The van der Waals surface area contributed by atoms with Crippen LogP contribution in [0.4, 0.5) is 16.2 Å². The third-order valence-electron chi connectivity index (χ3n) is 2.65. The van der Waals surface area contributed by atoms with E-state index in [-0.39, 0.29) is 5.11 Å². The van der Waals surface area contributed by atoms with Gasteiger partial charge in [-0.25, -0.2) is 4.79 Å². The zero-order chi connectivity index (χ0) is 14.3. The highest BCUT2D eigenvalue weighted by atomic mass is 32.1. The molecular formula is C13H19N3O2S. The second-order valence-electron chi connectivity index (χ2n) is 3.79. The second-order valence-corrected chi connectivity index (χ2v) is 4.20. The summed E-state index contributed by atoms with van der Waals surface area (Å²) in [5, 5.41) is 5.51. The summed E-state index contributed by atoms with van der Waals surface area (Å²) in [6.45, 7) is 6.16. The number of hydrogen-bond donors (Lipinski definition) is 2. The summed E-state index contributed by atoms with van der Waals surface area (Å²) >= 11 is 4.98. The minimum absolute atomic E-state index is 0.211. The van der Waals surface area contributed by atoms with Gasteiger partial charge in [-0.3, -0.25) is 5.32 Å². The van der Waals surface area contributed by atoms with Crippen LogP contribution in [0.15, 0.2) is 24.3 Å². The number of nitrogens with one attached hydrogen (secondary N) is 2. The van der Waals surface area contributed by atoms with Gasteiger partial charge in [-0.2, -0.15) is 0 Å². The Hall–Kier alpha value is -1.82. The molecule has 5 nitrogen and oxygen atoms in total. The molecule has 2 N–H and O–H groups in total. The first kappa shape index (κ1) is 15.2. The van der Waals surface area contributed by atoms with Crippen LogP contribution in [0.1, 0.15) is 13.8 Å². The summed E-state index contributed by atoms with van der Waals surface area (Å²) in [6.07, 6.45) is -0.586. The third kappa shape index (κ3) is 4.75. The molecule has 0 radical (unpaired) electrons. The van der Waals surface area contributed by atoms with Gasteiger partial charge in [0, 0.05) is 24.5 Å². The molecule has 0 fully saturated rings. The lowest BCUT2D eigenvalue weighted by atomic mass is 10.2. The molecule has 6 heteroatoms. The van der Waals surface area contributed by atoms with Crippen molar-refractivity contribution in [2.45, 2.75) is 13.8 Å². The number of ether oxygens (including phenoxy) is 1. The van der Waals surface area contributed by atoms with Crippen LogP contribution in [0.25, 0.3) is 0 Å². The average molecular weight is 281 g/mol. The molecule has 0 bridgehead atoms. The van der Waals surface area contributed by atoms with Crippen molar-refractivity contribution in [3.05, 3.63) is 24.3 Å². The number of hydrogen-bond acceptors (Lipinski definition) is 4. The molecule has 0 aliphatic heterocycles. The third-order valence-corrected chi connectivity index (χ3v) is 2.86. The monoisotopic (exact) mass is 281 g/mol. The molecule has 0 heterocycles. The average Bonchev–Trinajstić information content (AvgIpc) is 2.41. The smallest absolute Gasteiger partial charge is 0.413 e. The van der Waals surface area contributed by atoms with Crippen molar-refractivity contribution in [1.29, 1.82) is 0 Å². The van der Waals surface area contributed by atoms with Crippen LogP contribution >= 0.6 is 12.2 Å². The minimum atomic E-state index is -0.586. The van der Waals surface area contributed by atoms with Crippen LogP contribution in [-0.2, 0) is 4.74 Å². The summed E-state index contributed by atoms with van der Waals surface area (Å²) in [4.78, 5) is 13.2. The normalized spacial score (nSPS) is 9.63. The number of amides is 1. The van der Waals surface area contributed by atoms with Crippen molar-refractivity contribution in [1.82, 2.24) is 5.32 Å². The predicted octanol–water partition coefficient (Wildman–Crippen LogP) is 2.59. The van der Waals surface area contributed by atoms with Crippen LogP contribution in [0.2, 0.25) is 0 Å². The zero-order valence-electron chi connectivity index (χ0n) is 11.4. The topological polar surface area (TPSA) is 53.6 Å². The second kappa shape index (κ2) is 7.58. The van der Waals surface area contributed by atoms with E-state index >= 15 is 0 Å². The molecule has 0 atom stereocenters. The highest BCUT2D eigenvalue weighted by Gasteiger charge is 2.05. The lowest BCUT2D eigenvalue weighted by molar-refractivity contribution is 0.177. The van der Waals surface area contributed by atoms with Gasteiger partial charge < -0.3 is 15.0 Å². The Balaban J connectivity index is 2.61. The van der Waals surface area contributed by atoms with E-state index in [4.69, 9.17) is 12.2 Å². The Morgan fingerprint density at radius 1 is 1.26 bits per heavy atom. The molecule has 0 aliphatic rings. The van der Waals surface area contributed by atoms with Gasteiger partial charge in [0.25, 0.3) is 0 Å². The van der Waals surface area contributed by atoms with Crippen molar-refractivity contribution < 1.29 is 9.53 Å². The SMILES string of the molecule is CCN(CC)c1ccc(NC(=S)NC(=O)OC)cc1. The summed E-state index contributed by atoms with van der Waals surface area (Å²) in [7, 11) is 1.29. The molecule has 0 saturated heterocycles. The quantitative estimate of drug-likeness (QED) is 0.831. The number of thiocarbonyl (C=S) groups is 1. The molecule has 0 aliphatic carbocycles. The molecule has 1 amide bonds. The van der Waals surface area contributed by atoms with E-state index < -0.39 is 6.09 Å². The number of rotatable bonds is 4. The van der Waals surface area contributed by atoms with Gasteiger partial charge in [-0.05, 0) is 50.3 Å².